The van der Waals surface area contributed by atoms with E-state index in [9.17, 15) is 4.79 Å². The summed E-state index contributed by atoms with van der Waals surface area (Å²) in [5.41, 5.74) is 2.32. The van der Waals surface area contributed by atoms with Gasteiger partial charge in [0.05, 0.1) is 0 Å². The summed E-state index contributed by atoms with van der Waals surface area (Å²) < 4.78 is 5.04. The molecule has 1 unspecified atom stereocenters. The van der Waals surface area contributed by atoms with Crippen molar-refractivity contribution < 1.29 is 9.53 Å². The van der Waals surface area contributed by atoms with Gasteiger partial charge in [-0.05, 0) is 37.4 Å². The van der Waals surface area contributed by atoms with Crippen LogP contribution >= 0.6 is 0 Å². The normalized spacial score (nSPS) is 18.2. The van der Waals surface area contributed by atoms with Crippen LogP contribution in [0.5, 0.6) is 0 Å². The fourth-order valence-electron chi connectivity index (χ4n) is 2.98. The summed E-state index contributed by atoms with van der Waals surface area (Å²) in [5.74, 6) is 0.205. The fourth-order valence-corrected chi connectivity index (χ4v) is 2.98. The molecular weight excluding hydrogens is 264 g/mol. The lowest BCUT2D eigenvalue weighted by Crippen LogP contribution is -2.31. The number of amides is 1. The van der Waals surface area contributed by atoms with Crippen molar-refractivity contribution in [3.8, 4) is 0 Å². The summed E-state index contributed by atoms with van der Waals surface area (Å²) >= 11 is 0. The van der Waals surface area contributed by atoms with Crippen LogP contribution in [0.4, 0.5) is 5.69 Å². The number of ether oxygens (including phenoxy) is 1. The summed E-state index contributed by atoms with van der Waals surface area (Å²) in [6.45, 7) is 4.52. The van der Waals surface area contributed by atoms with Gasteiger partial charge in [0.25, 0.3) is 0 Å². The molecule has 0 spiro atoms. The molecule has 0 saturated carbocycles. The third kappa shape index (κ3) is 4.05. The Balaban J connectivity index is 2.18. The van der Waals surface area contributed by atoms with E-state index in [0.717, 1.165) is 38.0 Å². The maximum absolute atomic E-state index is 12.5. The molecule has 21 heavy (non-hydrogen) atoms. The molecule has 1 aliphatic rings. The number of carbonyl (C=O) groups excluding carboxylic acids is 1. The first kappa shape index (κ1) is 16.0. The van der Waals surface area contributed by atoms with Crippen molar-refractivity contribution in [2.45, 2.75) is 38.6 Å². The number of nitrogens with zero attached hydrogens (tertiary/aromatic N) is 1. The van der Waals surface area contributed by atoms with E-state index in [1.165, 1.54) is 5.56 Å². The number of para-hydroxylation sites is 1. The molecule has 1 N–H and O–H groups in total. The zero-order valence-corrected chi connectivity index (χ0v) is 13.1. The van der Waals surface area contributed by atoms with Gasteiger partial charge in [-0.1, -0.05) is 25.1 Å². The van der Waals surface area contributed by atoms with Gasteiger partial charge in [0.2, 0.25) is 5.91 Å². The van der Waals surface area contributed by atoms with Crippen LogP contribution in [0.15, 0.2) is 24.3 Å². The smallest absolute Gasteiger partial charge is 0.227 e. The molecule has 0 bridgehead atoms. The van der Waals surface area contributed by atoms with E-state index in [-0.39, 0.29) is 5.91 Å². The molecule has 4 nitrogen and oxygen atoms in total. The molecule has 1 heterocycles. The third-order valence-corrected chi connectivity index (χ3v) is 3.97. The van der Waals surface area contributed by atoms with Crippen LogP contribution in [-0.4, -0.2) is 32.7 Å². The minimum absolute atomic E-state index is 0.205. The number of methoxy groups -OCH3 is 1. The molecular formula is C17H26N2O2. The Morgan fingerprint density at radius 1 is 1.43 bits per heavy atom. The van der Waals surface area contributed by atoms with Crippen molar-refractivity contribution in [3.05, 3.63) is 29.8 Å². The highest BCUT2D eigenvalue weighted by Gasteiger charge is 2.25. The minimum atomic E-state index is 0.205. The van der Waals surface area contributed by atoms with Gasteiger partial charge in [-0.2, -0.15) is 0 Å². The Morgan fingerprint density at radius 2 is 2.24 bits per heavy atom. The second kappa shape index (κ2) is 8.15. The van der Waals surface area contributed by atoms with Gasteiger partial charge in [-0.25, -0.2) is 0 Å². The van der Waals surface area contributed by atoms with Gasteiger partial charge in [0, 0.05) is 38.4 Å². The van der Waals surface area contributed by atoms with E-state index in [1.54, 1.807) is 7.11 Å². The molecule has 0 fully saturated rings. The Morgan fingerprint density at radius 3 is 3.00 bits per heavy atom. The van der Waals surface area contributed by atoms with Crippen LogP contribution in [0.3, 0.4) is 0 Å². The van der Waals surface area contributed by atoms with E-state index in [2.05, 4.69) is 30.4 Å². The quantitative estimate of drug-likeness (QED) is 0.819. The predicted molar refractivity (Wildman–Crippen MR) is 85.6 cm³/mol. The van der Waals surface area contributed by atoms with E-state index < -0.39 is 0 Å². The molecule has 1 atom stereocenters. The van der Waals surface area contributed by atoms with E-state index in [4.69, 9.17) is 4.74 Å². The lowest BCUT2D eigenvalue weighted by atomic mass is 10.0. The Labute approximate surface area is 127 Å². The van der Waals surface area contributed by atoms with Crippen LogP contribution in [0, 0.1) is 0 Å². The van der Waals surface area contributed by atoms with Crippen LogP contribution in [0.1, 0.15) is 44.2 Å². The van der Waals surface area contributed by atoms with Gasteiger partial charge in [0.15, 0.2) is 0 Å². The predicted octanol–water partition coefficient (Wildman–Crippen LogP) is 2.89. The van der Waals surface area contributed by atoms with Crippen molar-refractivity contribution in [1.82, 2.24) is 5.32 Å². The minimum Gasteiger partial charge on any atom is -0.385 e. The first-order valence-corrected chi connectivity index (χ1v) is 7.89. The number of rotatable bonds is 6. The van der Waals surface area contributed by atoms with Crippen LogP contribution in [0.2, 0.25) is 0 Å². The highest BCUT2D eigenvalue weighted by molar-refractivity contribution is 5.94. The number of benzene rings is 1. The lowest BCUT2D eigenvalue weighted by molar-refractivity contribution is -0.118. The zero-order chi connectivity index (χ0) is 15.1. The Kier molecular flexibility index (Phi) is 6.21. The van der Waals surface area contributed by atoms with Crippen molar-refractivity contribution in [2.75, 3.05) is 31.7 Å². The number of hydrogen-bond acceptors (Lipinski definition) is 3. The largest absolute Gasteiger partial charge is 0.385 e. The summed E-state index contributed by atoms with van der Waals surface area (Å²) in [7, 11) is 1.67. The van der Waals surface area contributed by atoms with Crippen LogP contribution < -0.4 is 10.2 Å². The molecule has 0 saturated heterocycles. The second-order valence-corrected chi connectivity index (χ2v) is 5.45. The number of carbonyl (C=O) groups is 1. The standard InChI is InChI=1S/C17H26N2O2/c1-3-18-15-9-6-12-19(17(20)11-7-13-21-2)16-10-5-4-8-14(15)16/h4-5,8,10,15,18H,3,6-7,9,11-13H2,1-2H3. The monoisotopic (exact) mass is 290 g/mol. The molecule has 0 aliphatic carbocycles. The summed E-state index contributed by atoms with van der Waals surface area (Å²) in [6, 6.07) is 8.63. The lowest BCUT2D eigenvalue weighted by Gasteiger charge is -2.24. The third-order valence-electron chi connectivity index (χ3n) is 3.97. The molecule has 1 aromatic carbocycles. The number of nitrogens with one attached hydrogen (secondary N) is 1. The van der Waals surface area contributed by atoms with Crippen molar-refractivity contribution >= 4 is 11.6 Å². The molecule has 116 valence electrons. The maximum Gasteiger partial charge on any atom is 0.227 e. The first-order chi connectivity index (χ1) is 10.3. The van der Waals surface area contributed by atoms with Gasteiger partial charge < -0.3 is 15.0 Å². The molecule has 0 aromatic heterocycles. The number of anilines is 1. The number of hydrogen-bond donors (Lipinski definition) is 1. The van der Waals surface area contributed by atoms with Gasteiger partial charge in [0.1, 0.15) is 0 Å². The van der Waals surface area contributed by atoms with Gasteiger partial charge in [-0.15, -0.1) is 0 Å². The summed E-state index contributed by atoms with van der Waals surface area (Å²) in [4.78, 5) is 14.5. The average Bonchev–Trinajstić information content (AvgIpc) is 2.68. The van der Waals surface area contributed by atoms with E-state index in [0.29, 0.717) is 19.1 Å². The maximum atomic E-state index is 12.5. The number of fused-ring (bicyclic) bond motifs is 1. The van der Waals surface area contributed by atoms with Crippen LogP contribution in [0.25, 0.3) is 0 Å². The highest BCUT2D eigenvalue weighted by atomic mass is 16.5. The van der Waals surface area contributed by atoms with E-state index >= 15 is 0 Å². The van der Waals surface area contributed by atoms with Crippen molar-refractivity contribution in [2.24, 2.45) is 0 Å². The molecule has 1 amide bonds. The molecule has 2 rings (SSSR count). The second-order valence-electron chi connectivity index (χ2n) is 5.45. The topological polar surface area (TPSA) is 41.6 Å². The summed E-state index contributed by atoms with van der Waals surface area (Å²) in [5, 5.41) is 3.53. The van der Waals surface area contributed by atoms with Crippen LogP contribution in [-0.2, 0) is 9.53 Å². The molecule has 4 heteroatoms. The first-order valence-electron chi connectivity index (χ1n) is 7.89. The molecule has 1 aliphatic heterocycles. The SMILES string of the molecule is CCNC1CCCN(C(=O)CCCOC)c2ccccc21. The molecule has 0 radical (unpaired) electrons. The Hall–Kier alpha value is -1.39. The van der Waals surface area contributed by atoms with Gasteiger partial charge in [-0.3, -0.25) is 4.79 Å². The van der Waals surface area contributed by atoms with Gasteiger partial charge >= 0.3 is 0 Å². The Bertz CT molecular complexity index is 462. The van der Waals surface area contributed by atoms with Crippen molar-refractivity contribution in [3.63, 3.8) is 0 Å². The van der Waals surface area contributed by atoms with E-state index in [1.807, 2.05) is 11.0 Å². The average molecular weight is 290 g/mol. The fraction of sp³-hybridized carbons (Fsp3) is 0.588. The summed E-state index contributed by atoms with van der Waals surface area (Å²) in [6.07, 6.45) is 3.44. The highest BCUT2D eigenvalue weighted by Crippen LogP contribution is 2.33. The molecule has 1 aromatic rings. The zero-order valence-electron chi connectivity index (χ0n) is 13.1. The van der Waals surface area contributed by atoms with Crippen molar-refractivity contribution in [1.29, 1.82) is 0 Å².